The van der Waals surface area contributed by atoms with E-state index in [0.29, 0.717) is 0 Å². The lowest BCUT2D eigenvalue weighted by Crippen LogP contribution is -2.45. The number of halogens is 3. The van der Waals surface area contributed by atoms with Gasteiger partial charge in [0.25, 0.3) is 3.92 Å². The van der Waals surface area contributed by atoms with Crippen molar-refractivity contribution in [2.75, 3.05) is 6.54 Å². The quantitative estimate of drug-likeness (QED) is 0.541. The molecule has 0 aliphatic carbocycles. The van der Waals surface area contributed by atoms with Crippen LogP contribution in [0.5, 0.6) is 0 Å². The summed E-state index contributed by atoms with van der Waals surface area (Å²) in [6, 6.07) is 0. The van der Waals surface area contributed by atoms with Crippen LogP contribution in [0, 0.1) is 0 Å². The molecule has 17 heavy (non-hydrogen) atoms. The zero-order chi connectivity index (χ0) is 12.9. The van der Waals surface area contributed by atoms with Crippen molar-refractivity contribution in [2.45, 2.75) is 56.0 Å². The summed E-state index contributed by atoms with van der Waals surface area (Å²) in [4.78, 5) is 1.71. The van der Waals surface area contributed by atoms with Crippen molar-refractivity contribution in [1.82, 2.24) is 9.91 Å². The predicted molar refractivity (Wildman–Crippen MR) is 75.5 cm³/mol. The van der Waals surface area contributed by atoms with Crippen LogP contribution in [0.1, 0.15) is 46.0 Å². The lowest BCUT2D eigenvalue weighted by atomic mass is 10.2. The molecule has 0 N–H and O–H groups in total. The molecule has 0 radical (unpaired) electrons. The van der Waals surface area contributed by atoms with Crippen LogP contribution in [0.25, 0.3) is 0 Å². The van der Waals surface area contributed by atoms with Crippen LogP contribution >= 0.6 is 34.8 Å². The van der Waals surface area contributed by atoms with E-state index in [0.717, 1.165) is 38.6 Å². The molecule has 1 rings (SSSR count). The Morgan fingerprint density at radius 2 is 1.82 bits per heavy atom. The second kappa shape index (κ2) is 6.91. The van der Waals surface area contributed by atoms with Crippen LogP contribution in [-0.2, 0) is 0 Å². The van der Waals surface area contributed by atoms with E-state index in [1.807, 2.05) is 5.01 Å². The number of alkyl halides is 3. The lowest BCUT2D eigenvalue weighted by molar-refractivity contribution is 0.117. The molecular formula is C11H20Cl3N3. The fourth-order valence-electron chi connectivity index (χ4n) is 1.86. The number of hydrogen-bond donors (Lipinski definition) is 0. The van der Waals surface area contributed by atoms with Crippen LogP contribution in [0.2, 0.25) is 0 Å². The number of hydrazone groups is 1. The van der Waals surface area contributed by atoms with Crippen molar-refractivity contribution in [3.05, 3.63) is 0 Å². The van der Waals surface area contributed by atoms with E-state index >= 15 is 0 Å². The first kappa shape index (κ1) is 15.2. The zero-order valence-corrected chi connectivity index (χ0v) is 12.6. The molecule has 0 aromatic rings. The van der Waals surface area contributed by atoms with Gasteiger partial charge in [-0.2, -0.15) is 5.10 Å². The van der Waals surface area contributed by atoms with E-state index < -0.39 is 3.92 Å². The van der Waals surface area contributed by atoms with E-state index in [2.05, 4.69) is 18.9 Å². The van der Waals surface area contributed by atoms with Crippen molar-refractivity contribution < 1.29 is 0 Å². The maximum absolute atomic E-state index is 5.95. The number of unbranched alkanes of at least 4 members (excludes halogenated alkanes) is 2. The molecule has 1 aliphatic heterocycles. The molecule has 0 saturated carbocycles. The van der Waals surface area contributed by atoms with Crippen molar-refractivity contribution in [3.63, 3.8) is 0 Å². The monoisotopic (exact) mass is 299 g/mol. The Balaban J connectivity index is 2.64. The third-order valence-corrected chi connectivity index (χ3v) is 3.42. The largest absolute Gasteiger partial charge is 0.295 e. The van der Waals surface area contributed by atoms with Gasteiger partial charge >= 0.3 is 0 Å². The van der Waals surface area contributed by atoms with Gasteiger partial charge in [0.15, 0.2) is 0 Å². The highest BCUT2D eigenvalue weighted by Crippen LogP contribution is 2.36. The summed E-state index contributed by atoms with van der Waals surface area (Å²) in [6.07, 6.45) is 7.17. The Hall–Kier alpha value is 0.140. The number of rotatable bonds is 6. The summed E-state index contributed by atoms with van der Waals surface area (Å²) < 4.78 is -1.41. The molecule has 0 fully saturated rings. The van der Waals surface area contributed by atoms with Crippen LogP contribution in [0.3, 0.4) is 0 Å². The van der Waals surface area contributed by atoms with Gasteiger partial charge in [-0.25, -0.2) is 0 Å². The van der Waals surface area contributed by atoms with Gasteiger partial charge in [-0.05, 0) is 19.3 Å². The van der Waals surface area contributed by atoms with Gasteiger partial charge < -0.3 is 0 Å². The van der Waals surface area contributed by atoms with Crippen LogP contribution in [0.15, 0.2) is 5.10 Å². The molecule has 0 saturated heterocycles. The lowest BCUT2D eigenvalue weighted by Gasteiger charge is -2.34. The Morgan fingerprint density at radius 3 is 2.35 bits per heavy atom. The van der Waals surface area contributed by atoms with Gasteiger partial charge in [-0.15, -0.1) is 0 Å². The van der Waals surface area contributed by atoms with Crippen LogP contribution in [0.4, 0.5) is 0 Å². The topological polar surface area (TPSA) is 18.8 Å². The van der Waals surface area contributed by atoms with Gasteiger partial charge in [0, 0.05) is 6.54 Å². The van der Waals surface area contributed by atoms with Gasteiger partial charge in [0.2, 0.25) is 0 Å². The number of nitrogens with zero attached hydrogens (tertiary/aromatic N) is 3. The minimum atomic E-state index is -1.41. The molecule has 0 spiro atoms. The van der Waals surface area contributed by atoms with Gasteiger partial charge in [-0.3, -0.25) is 9.91 Å². The van der Waals surface area contributed by atoms with Crippen molar-refractivity contribution >= 4 is 41.1 Å². The first-order valence-electron chi connectivity index (χ1n) is 6.16. The van der Waals surface area contributed by atoms with Crippen molar-refractivity contribution in [1.29, 1.82) is 0 Å². The average molecular weight is 301 g/mol. The highest BCUT2D eigenvalue weighted by Gasteiger charge is 2.39. The minimum absolute atomic E-state index is 0.0778. The average Bonchev–Trinajstić information content (AvgIpc) is 2.66. The molecule has 0 aromatic carbocycles. The molecule has 0 bridgehead atoms. The first-order chi connectivity index (χ1) is 8.00. The molecular weight excluding hydrogens is 281 g/mol. The fourth-order valence-corrected chi connectivity index (χ4v) is 2.32. The zero-order valence-electron chi connectivity index (χ0n) is 10.4. The Kier molecular flexibility index (Phi) is 6.18. The Morgan fingerprint density at radius 1 is 1.18 bits per heavy atom. The van der Waals surface area contributed by atoms with Crippen LogP contribution in [-0.4, -0.2) is 32.9 Å². The summed E-state index contributed by atoms with van der Waals surface area (Å²) >= 11 is 17.9. The molecule has 1 heterocycles. The van der Waals surface area contributed by atoms with E-state index in [1.165, 1.54) is 0 Å². The summed E-state index contributed by atoms with van der Waals surface area (Å²) in [5, 5.41) is 6.37. The molecule has 1 unspecified atom stereocenters. The maximum atomic E-state index is 5.95. The summed E-state index contributed by atoms with van der Waals surface area (Å²) in [7, 11) is 0. The molecule has 3 nitrogen and oxygen atoms in total. The van der Waals surface area contributed by atoms with E-state index in [4.69, 9.17) is 34.8 Å². The Bertz CT molecular complexity index is 253. The first-order valence-corrected chi connectivity index (χ1v) is 7.30. The summed E-state index contributed by atoms with van der Waals surface area (Å²) in [6.45, 7) is 5.23. The number of hydrogen-bond acceptors (Lipinski definition) is 3. The predicted octanol–water partition coefficient (Wildman–Crippen LogP) is 4.19. The fraction of sp³-hybridized carbons (Fsp3) is 0.909. The van der Waals surface area contributed by atoms with E-state index in [9.17, 15) is 0 Å². The highest BCUT2D eigenvalue weighted by molar-refractivity contribution is 6.67. The third-order valence-electron chi connectivity index (χ3n) is 2.84. The molecule has 100 valence electrons. The van der Waals surface area contributed by atoms with Crippen molar-refractivity contribution in [2.24, 2.45) is 5.10 Å². The van der Waals surface area contributed by atoms with E-state index in [1.54, 1.807) is 11.2 Å². The van der Waals surface area contributed by atoms with Gasteiger partial charge in [0.1, 0.15) is 12.5 Å². The normalized spacial score (nSPS) is 20.4. The standard InChI is InChI=1S/C11H20Cl3N3/c1-3-5-7-10-16(11(12,13)14)9-15-17(10)8-6-4-2/h9-10H,3-8H2,1-2H3. The SMILES string of the molecule is CCCCC1N(CCCC)N=CN1C(Cl)(Cl)Cl. The molecule has 0 aromatic heterocycles. The molecule has 1 atom stereocenters. The van der Waals surface area contributed by atoms with E-state index in [-0.39, 0.29) is 6.17 Å². The van der Waals surface area contributed by atoms with Gasteiger partial charge in [0.05, 0.1) is 0 Å². The highest BCUT2D eigenvalue weighted by atomic mass is 35.6. The third kappa shape index (κ3) is 4.38. The second-order valence-electron chi connectivity index (χ2n) is 4.25. The molecule has 6 heteroatoms. The maximum Gasteiger partial charge on any atom is 0.270 e. The summed E-state index contributed by atoms with van der Waals surface area (Å²) in [5.41, 5.74) is 0. The van der Waals surface area contributed by atoms with Crippen LogP contribution < -0.4 is 0 Å². The minimum Gasteiger partial charge on any atom is -0.295 e. The smallest absolute Gasteiger partial charge is 0.270 e. The Labute approximate surface area is 119 Å². The van der Waals surface area contributed by atoms with Crippen molar-refractivity contribution in [3.8, 4) is 0 Å². The molecule has 0 amide bonds. The second-order valence-corrected chi connectivity index (χ2v) is 6.47. The van der Waals surface area contributed by atoms with Gasteiger partial charge in [-0.1, -0.05) is 61.5 Å². The summed E-state index contributed by atoms with van der Waals surface area (Å²) in [5.74, 6) is 0. The molecule has 1 aliphatic rings.